The van der Waals surface area contributed by atoms with Gasteiger partial charge in [0.2, 0.25) is 0 Å². The van der Waals surface area contributed by atoms with Crippen LogP contribution < -0.4 is 0 Å². The lowest BCUT2D eigenvalue weighted by Crippen LogP contribution is -2.33. The molecule has 0 aromatic rings. The molecule has 2 heterocycles. The number of fused-ring (bicyclic) bond motifs is 1. The van der Waals surface area contributed by atoms with E-state index >= 15 is 0 Å². The molecule has 2 N–H and O–H groups in total. The van der Waals surface area contributed by atoms with Gasteiger partial charge in [0.05, 0.1) is 5.92 Å². The number of nitrogens with zero attached hydrogens (tertiary/aromatic N) is 1. The number of hydrogen-bond donors (Lipinski definition) is 2. The molecule has 82 valence electrons. The number of hydrogen-bond acceptors (Lipinski definition) is 3. The summed E-state index contributed by atoms with van der Waals surface area (Å²) in [4.78, 5) is 23.7. The van der Waals surface area contributed by atoms with Gasteiger partial charge in [0, 0.05) is 29.3 Å². The van der Waals surface area contributed by atoms with Crippen LogP contribution in [0.25, 0.3) is 0 Å². The number of carbonyl (C=O) groups is 2. The first kappa shape index (κ1) is 10.4. The molecule has 0 spiro atoms. The molecule has 1 saturated heterocycles. The molecule has 5 nitrogen and oxygen atoms in total. The predicted octanol–water partition coefficient (Wildman–Crippen LogP) is 1.28. The fourth-order valence-corrected chi connectivity index (χ4v) is 3.42. The van der Waals surface area contributed by atoms with Gasteiger partial charge in [-0.05, 0) is 6.42 Å². The van der Waals surface area contributed by atoms with E-state index < -0.39 is 12.1 Å². The van der Waals surface area contributed by atoms with E-state index in [1.165, 1.54) is 16.7 Å². The van der Waals surface area contributed by atoms with Gasteiger partial charge < -0.3 is 10.2 Å². The fraction of sp³-hybridized carbons (Fsp3) is 0.556. The van der Waals surface area contributed by atoms with E-state index in [9.17, 15) is 9.59 Å². The Labute approximate surface area is 90.8 Å². The Balaban J connectivity index is 2.17. The van der Waals surface area contributed by atoms with Gasteiger partial charge in [-0.2, -0.15) is 0 Å². The number of thioether (sulfide) groups is 1. The number of carboxylic acids is 1. The first-order valence-corrected chi connectivity index (χ1v) is 5.65. The minimum Gasteiger partial charge on any atom is -0.481 e. The summed E-state index contributed by atoms with van der Waals surface area (Å²) in [6, 6.07) is 0. The van der Waals surface area contributed by atoms with Crippen LogP contribution in [0.4, 0.5) is 4.79 Å². The average Bonchev–Trinajstić information content (AvgIpc) is 2.59. The molecule has 2 aliphatic heterocycles. The molecular formula is C9H11NO4S. The van der Waals surface area contributed by atoms with E-state index in [2.05, 4.69) is 0 Å². The van der Waals surface area contributed by atoms with Gasteiger partial charge in [0.25, 0.3) is 0 Å². The molecule has 0 aromatic carbocycles. The topological polar surface area (TPSA) is 77.8 Å². The standard InChI is InChI=1S/C9H11NO4S/c11-8(12)6-4-15-7-3-10(9(13)14)2-1-5(6)7/h3,5-6H,1-2,4H2,(H,11,12)(H,13,14). The Bertz CT molecular complexity index is 341. The minimum atomic E-state index is -0.972. The van der Waals surface area contributed by atoms with Crippen LogP contribution in [-0.4, -0.2) is 39.5 Å². The molecule has 0 saturated carbocycles. The maximum Gasteiger partial charge on any atom is 0.411 e. The highest BCUT2D eigenvalue weighted by molar-refractivity contribution is 8.03. The molecule has 0 aromatic heterocycles. The summed E-state index contributed by atoms with van der Waals surface area (Å²) in [7, 11) is 0. The van der Waals surface area contributed by atoms with Crippen LogP contribution >= 0.6 is 11.8 Å². The second-order valence-electron chi connectivity index (χ2n) is 3.66. The zero-order valence-electron chi connectivity index (χ0n) is 7.92. The molecule has 0 radical (unpaired) electrons. The van der Waals surface area contributed by atoms with Crippen LogP contribution in [0.3, 0.4) is 0 Å². The maximum absolute atomic E-state index is 10.9. The normalized spacial score (nSPS) is 29.6. The molecule has 15 heavy (non-hydrogen) atoms. The molecule has 1 amide bonds. The molecule has 2 rings (SSSR count). The van der Waals surface area contributed by atoms with Gasteiger partial charge in [0.15, 0.2) is 0 Å². The van der Waals surface area contributed by atoms with Gasteiger partial charge in [-0.15, -0.1) is 11.8 Å². The summed E-state index contributed by atoms with van der Waals surface area (Å²) >= 11 is 1.46. The van der Waals surface area contributed by atoms with Crippen molar-refractivity contribution in [2.45, 2.75) is 6.42 Å². The van der Waals surface area contributed by atoms with Gasteiger partial charge in [-0.25, -0.2) is 4.79 Å². The number of aliphatic carboxylic acids is 1. The van der Waals surface area contributed by atoms with Crippen molar-refractivity contribution in [3.8, 4) is 0 Å². The number of amides is 1. The first-order chi connectivity index (χ1) is 7.09. The summed E-state index contributed by atoms with van der Waals surface area (Å²) < 4.78 is 0. The van der Waals surface area contributed by atoms with Crippen molar-refractivity contribution in [3.63, 3.8) is 0 Å². The maximum atomic E-state index is 10.9. The Morgan fingerprint density at radius 2 is 2.20 bits per heavy atom. The van der Waals surface area contributed by atoms with Crippen LogP contribution in [0, 0.1) is 11.8 Å². The minimum absolute atomic E-state index is 0.0168. The van der Waals surface area contributed by atoms with Crippen LogP contribution in [0.1, 0.15) is 6.42 Å². The lowest BCUT2D eigenvalue weighted by atomic mass is 9.89. The highest BCUT2D eigenvalue weighted by Gasteiger charge is 2.39. The van der Waals surface area contributed by atoms with Crippen molar-refractivity contribution in [3.05, 3.63) is 11.1 Å². The summed E-state index contributed by atoms with van der Waals surface area (Å²) in [5.41, 5.74) is 0. The van der Waals surface area contributed by atoms with E-state index in [-0.39, 0.29) is 11.8 Å². The van der Waals surface area contributed by atoms with Crippen molar-refractivity contribution < 1.29 is 19.8 Å². The third-order valence-corrected chi connectivity index (χ3v) is 4.07. The third-order valence-electron chi connectivity index (χ3n) is 2.81. The fourth-order valence-electron chi connectivity index (χ4n) is 1.97. The summed E-state index contributed by atoms with van der Waals surface area (Å²) in [6.07, 6.45) is 1.21. The van der Waals surface area contributed by atoms with Crippen molar-refractivity contribution >= 4 is 23.8 Å². The van der Waals surface area contributed by atoms with E-state index in [0.717, 1.165) is 4.91 Å². The van der Waals surface area contributed by atoms with Gasteiger partial charge in [0.1, 0.15) is 0 Å². The van der Waals surface area contributed by atoms with Crippen LogP contribution in [0.15, 0.2) is 11.1 Å². The average molecular weight is 229 g/mol. The van der Waals surface area contributed by atoms with E-state index in [0.29, 0.717) is 18.7 Å². The summed E-state index contributed by atoms with van der Waals surface area (Å²) in [5.74, 6) is -0.556. The van der Waals surface area contributed by atoms with Crippen LogP contribution in [0.2, 0.25) is 0 Å². The zero-order chi connectivity index (χ0) is 11.0. The van der Waals surface area contributed by atoms with Crippen molar-refractivity contribution in [2.24, 2.45) is 11.8 Å². The van der Waals surface area contributed by atoms with Crippen molar-refractivity contribution in [1.29, 1.82) is 0 Å². The first-order valence-electron chi connectivity index (χ1n) is 4.66. The smallest absolute Gasteiger partial charge is 0.411 e. The van der Waals surface area contributed by atoms with Crippen LogP contribution in [-0.2, 0) is 4.79 Å². The van der Waals surface area contributed by atoms with E-state index in [1.54, 1.807) is 6.20 Å². The molecule has 0 bridgehead atoms. The number of allylic oxidation sites excluding steroid dienone is 1. The number of carboxylic acid groups (broad SMARTS) is 2. The van der Waals surface area contributed by atoms with E-state index in [4.69, 9.17) is 10.2 Å². The Morgan fingerprint density at radius 1 is 1.47 bits per heavy atom. The van der Waals surface area contributed by atoms with Gasteiger partial charge in [-0.1, -0.05) is 0 Å². The molecule has 2 unspecified atom stereocenters. The van der Waals surface area contributed by atoms with Crippen molar-refractivity contribution in [1.82, 2.24) is 4.90 Å². The highest BCUT2D eigenvalue weighted by Crippen LogP contribution is 2.44. The monoisotopic (exact) mass is 229 g/mol. The highest BCUT2D eigenvalue weighted by atomic mass is 32.2. The molecule has 0 aliphatic carbocycles. The van der Waals surface area contributed by atoms with Gasteiger partial charge in [-0.3, -0.25) is 9.69 Å². The Hall–Kier alpha value is -1.17. The predicted molar refractivity (Wildman–Crippen MR) is 54.5 cm³/mol. The quantitative estimate of drug-likeness (QED) is 0.708. The molecule has 2 atom stereocenters. The lowest BCUT2D eigenvalue weighted by Gasteiger charge is -2.26. The number of rotatable bonds is 1. The Kier molecular flexibility index (Phi) is 2.60. The largest absolute Gasteiger partial charge is 0.481 e. The van der Waals surface area contributed by atoms with E-state index in [1.807, 2.05) is 0 Å². The molecule has 2 aliphatic rings. The SMILES string of the molecule is O=C(O)C1CSC2=CN(C(=O)O)CCC21. The molecular weight excluding hydrogens is 218 g/mol. The third kappa shape index (κ3) is 1.81. The Morgan fingerprint density at radius 3 is 2.80 bits per heavy atom. The lowest BCUT2D eigenvalue weighted by molar-refractivity contribution is -0.142. The second kappa shape index (κ2) is 3.77. The molecule has 1 fully saturated rings. The second-order valence-corrected chi connectivity index (χ2v) is 4.75. The summed E-state index contributed by atoms with van der Waals surface area (Å²) in [5, 5.41) is 17.7. The summed E-state index contributed by atoms with van der Waals surface area (Å²) in [6.45, 7) is 0.397. The zero-order valence-corrected chi connectivity index (χ0v) is 8.74. The molecule has 6 heteroatoms. The van der Waals surface area contributed by atoms with Crippen molar-refractivity contribution in [2.75, 3.05) is 12.3 Å². The van der Waals surface area contributed by atoms with Crippen LogP contribution in [0.5, 0.6) is 0 Å². The van der Waals surface area contributed by atoms with Gasteiger partial charge >= 0.3 is 12.1 Å².